The summed E-state index contributed by atoms with van der Waals surface area (Å²) in [6, 6.07) is 12.8. The van der Waals surface area contributed by atoms with Gasteiger partial charge < -0.3 is 10.6 Å². The maximum absolute atomic E-state index is 12.8. The minimum Gasteiger partial charge on any atom is -0.325 e. The minimum absolute atomic E-state index is 0.254. The van der Waals surface area contributed by atoms with Crippen molar-refractivity contribution in [1.82, 2.24) is 10.2 Å². The molecule has 1 saturated heterocycles. The van der Waals surface area contributed by atoms with Gasteiger partial charge >= 0.3 is 6.03 Å². The van der Waals surface area contributed by atoms with Gasteiger partial charge in [0, 0.05) is 21.3 Å². The van der Waals surface area contributed by atoms with Crippen LogP contribution in [0.15, 0.2) is 48.5 Å². The van der Waals surface area contributed by atoms with E-state index < -0.39 is 29.9 Å². The predicted octanol–water partition coefficient (Wildman–Crippen LogP) is 3.40. The lowest BCUT2D eigenvalue weighted by Crippen LogP contribution is -2.42. The summed E-state index contributed by atoms with van der Waals surface area (Å²) in [5, 5.41) is 5.91. The number of nitrogens with one attached hydrogen (secondary N) is 2. The van der Waals surface area contributed by atoms with Crippen LogP contribution in [0.1, 0.15) is 12.5 Å². The normalized spacial score (nSPS) is 19.4. The second kappa shape index (κ2) is 6.97. The van der Waals surface area contributed by atoms with E-state index in [9.17, 15) is 14.4 Å². The number of imide groups is 1. The Bertz CT molecular complexity index is 889. The number of halogens is 2. The lowest BCUT2D eigenvalue weighted by molar-refractivity contribution is -0.133. The van der Waals surface area contributed by atoms with Crippen LogP contribution in [-0.2, 0) is 15.1 Å². The lowest BCUT2D eigenvalue weighted by Gasteiger charge is -2.23. The van der Waals surface area contributed by atoms with Gasteiger partial charge in [-0.2, -0.15) is 0 Å². The summed E-state index contributed by atoms with van der Waals surface area (Å²) >= 11 is 12.1. The van der Waals surface area contributed by atoms with E-state index in [0.717, 1.165) is 4.90 Å². The minimum atomic E-state index is -1.37. The van der Waals surface area contributed by atoms with Gasteiger partial charge in [-0.15, -0.1) is 0 Å². The van der Waals surface area contributed by atoms with E-state index in [-0.39, 0.29) is 5.02 Å². The Morgan fingerprint density at radius 3 is 2.50 bits per heavy atom. The van der Waals surface area contributed by atoms with E-state index in [1.54, 1.807) is 36.4 Å². The topological polar surface area (TPSA) is 78.5 Å². The molecule has 2 N–H and O–H groups in total. The van der Waals surface area contributed by atoms with E-state index in [0.29, 0.717) is 16.3 Å². The van der Waals surface area contributed by atoms with Crippen molar-refractivity contribution < 1.29 is 14.4 Å². The molecule has 0 aromatic heterocycles. The molecule has 0 bridgehead atoms. The highest BCUT2D eigenvalue weighted by atomic mass is 35.5. The van der Waals surface area contributed by atoms with E-state index in [4.69, 9.17) is 23.2 Å². The molecule has 4 amide bonds. The van der Waals surface area contributed by atoms with Gasteiger partial charge in [0.1, 0.15) is 12.1 Å². The van der Waals surface area contributed by atoms with Gasteiger partial charge in [-0.3, -0.25) is 14.5 Å². The Kier molecular flexibility index (Phi) is 4.89. The largest absolute Gasteiger partial charge is 0.325 e. The maximum atomic E-state index is 12.8. The molecule has 1 fully saturated rings. The van der Waals surface area contributed by atoms with Crippen molar-refractivity contribution >= 4 is 46.7 Å². The number of urea groups is 1. The molecular formula is C18H15Cl2N3O3. The molecule has 26 heavy (non-hydrogen) atoms. The highest BCUT2D eigenvalue weighted by molar-refractivity contribution is 6.35. The predicted molar refractivity (Wildman–Crippen MR) is 99.1 cm³/mol. The zero-order valence-corrected chi connectivity index (χ0v) is 15.3. The van der Waals surface area contributed by atoms with Crippen molar-refractivity contribution in [2.24, 2.45) is 0 Å². The fourth-order valence-electron chi connectivity index (χ4n) is 2.78. The number of rotatable bonds is 4. The molecule has 0 spiro atoms. The van der Waals surface area contributed by atoms with Crippen LogP contribution in [0.25, 0.3) is 0 Å². The monoisotopic (exact) mass is 391 g/mol. The van der Waals surface area contributed by atoms with Gasteiger partial charge in [-0.1, -0.05) is 47.5 Å². The quantitative estimate of drug-likeness (QED) is 0.783. The Morgan fingerprint density at radius 2 is 1.85 bits per heavy atom. The maximum Gasteiger partial charge on any atom is 0.325 e. The second-order valence-corrected chi connectivity index (χ2v) is 6.83. The van der Waals surface area contributed by atoms with Crippen molar-refractivity contribution in [3.63, 3.8) is 0 Å². The van der Waals surface area contributed by atoms with Crippen molar-refractivity contribution in [2.75, 3.05) is 11.9 Å². The second-order valence-electron chi connectivity index (χ2n) is 5.98. The molecule has 2 aromatic carbocycles. The van der Waals surface area contributed by atoms with Crippen LogP contribution in [0.2, 0.25) is 10.0 Å². The first-order valence-corrected chi connectivity index (χ1v) is 8.51. The summed E-state index contributed by atoms with van der Waals surface area (Å²) in [4.78, 5) is 38.2. The van der Waals surface area contributed by atoms with Crippen molar-refractivity contribution in [1.29, 1.82) is 0 Å². The summed E-state index contributed by atoms with van der Waals surface area (Å²) in [6.07, 6.45) is 0. The van der Waals surface area contributed by atoms with Crippen molar-refractivity contribution in [3.05, 3.63) is 64.1 Å². The zero-order chi connectivity index (χ0) is 18.9. The third-order valence-corrected chi connectivity index (χ3v) is 4.65. The van der Waals surface area contributed by atoms with Crippen LogP contribution in [0.5, 0.6) is 0 Å². The SMILES string of the molecule is CC1(c2ccc(Cl)cc2Cl)NC(=O)N(CC(=O)Nc2ccccc2)C1=O. The van der Waals surface area contributed by atoms with Gasteiger partial charge in [0.25, 0.3) is 5.91 Å². The number of hydrogen-bond acceptors (Lipinski definition) is 3. The Morgan fingerprint density at radius 1 is 1.15 bits per heavy atom. The summed E-state index contributed by atoms with van der Waals surface area (Å²) in [5.74, 6) is -1.04. The van der Waals surface area contributed by atoms with E-state index in [1.807, 2.05) is 6.07 Å². The number of carbonyl (C=O) groups excluding carboxylic acids is 3. The molecule has 1 unspecified atom stereocenters. The van der Waals surface area contributed by atoms with Crippen LogP contribution >= 0.6 is 23.2 Å². The Labute approximate surface area is 160 Å². The third-order valence-electron chi connectivity index (χ3n) is 4.10. The summed E-state index contributed by atoms with van der Waals surface area (Å²) in [5.41, 5.74) is -0.382. The molecule has 0 saturated carbocycles. The summed E-state index contributed by atoms with van der Waals surface area (Å²) in [7, 11) is 0. The fraction of sp³-hybridized carbons (Fsp3) is 0.167. The number of benzene rings is 2. The van der Waals surface area contributed by atoms with Gasteiger partial charge in [0.2, 0.25) is 5.91 Å². The third kappa shape index (κ3) is 3.38. The van der Waals surface area contributed by atoms with E-state index in [1.165, 1.54) is 13.0 Å². The number of nitrogens with zero attached hydrogens (tertiary/aromatic N) is 1. The van der Waals surface area contributed by atoms with Crippen LogP contribution in [0.3, 0.4) is 0 Å². The van der Waals surface area contributed by atoms with Crippen molar-refractivity contribution in [2.45, 2.75) is 12.5 Å². The number of anilines is 1. The van der Waals surface area contributed by atoms with Crippen LogP contribution in [0.4, 0.5) is 10.5 Å². The van der Waals surface area contributed by atoms with Crippen molar-refractivity contribution in [3.8, 4) is 0 Å². The highest BCUT2D eigenvalue weighted by Crippen LogP contribution is 2.34. The molecule has 1 aliphatic rings. The van der Waals surface area contributed by atoms with Crippen LogP contribution in [0, 0.1) is 0 Å². The van der Waals surface area contributed by atoms with E-state index >= 15 is 0 Å². The standard InChI is InChI=1S/C18H15Cl2N3O3/c1-18(13-8-7-11(19)9-14(13)20)16(25)23(17(26)22-18)10-15(24)21-12-5-3-2-4-6-12/h2-9H,10H2,1H3,(H,21,24)(H,22,26). The van der Waals surface area contributed by atoms with Crippen LogP contribution in [-0.4, -0.2) is 29.3 Å². The molecule has 1 atom stereocenters. The Hall–Kier alpha value is -2.57. The highest BCUT2D eigenvalue weighted by Gasteiger charge is 2.50. The van der Waals surface area contributed by atoms with Gasteiger partial charge in [0.15, 0.2) is 0 Å². The molecule has 8 heteroatoms. The summed E-state index contributed by atoms with van der Waals surface area (Å²) < 4.78 is 0. The first-order chi connectivity index (χ1) is 12.3. The number of carbonyl (C=O) groups is 3. The number of para-hydroxylation sites is 1. The molecule has 1 aliphatic heterocycles. The van der Waals surface area contributed by atoms with Gasteiger partial charge in [-0.25, -0.2) is 4.79 Å². The fourth-order valence-corrected chi connectivity index (χ4v) is 3.38. The van der Waals surface area contributed by atoms with Gasteiger partial charge in [-0.05, 0) is 31.2 Å². The molecule has 3 rings (SSSR count). The average Bonchev–Trinajstić information content (AvgIpc) is 2.79. The summed E-state index contributed by atoms with van der Waals surface area (Å²) in [6.45, 7) is 1.14. The number of amides is 4. The molecule has 0 aliphatic carbocycles. The molecule has 0 radical (unpaired) electrons. The zero-order valence-electron chi connectivity index (χ0n) is 13.8. The van der Waals surface area contributed by atoms with Crippen LogP contribution < -0.4 is 10.6 Å². The first kappa shape index (κ1) is 18.2. The first-order valence-electron chi connectivity index (χ1n) is 7.76. The van der Waals surface area contributed by atoms with E-state index in [2.05, 4.69) is 10.6 Å². The smallest absolute Gasteiger partial charge is 0.325 e. The molecule has 2 aromatic rings. The number of hydrogen-bond donors (Lipinski definition) is 2. The average molecular weight is 392 g/mol. The molecule has 6 nitrogen and oxygen atoms in total. The Balaban J connectivity index is 1.79. The molecule has 134 valence electrons. The molecule has 1 heterocycles. The van der Waals surface area contributed by atoms with Gasteiger partial charge in [0.05, 0.1) is 0 Å². The lowest BCUT2D eigenvalue weighted by atomic mass is 9.92. The molecular weight excluding hydrogens is 377 g/mol.